The fourth-order valence-corrected chi connectivity index (χ4v) is 3.96. The standard InChI is InChI=1S/C25H27N3O4/c1-17-6-9-22(32-17)25(31)27-21-11-14-28(15-12-21)23(29)10-13-26-24(30)20-8-7-18-4-2-3-5-19(18)16-20/h2-9,16,21H,10-15H2,1H3,(H,26,30)(H,27,31). The number of fused-ring (bicyclic) bond motifs is 1. The van der Waals surface area contributed by atoms with E-state index in [9.17, 15) is 14.4 Å². The lowest BCUT2D eigenvalue weighted by atomic mass is 10.0. The summed E-state index contributed by atoms with van der Waals surface area (Å²) in [6.07, 6.45) is 1.64. The monoisotopic (exact) mass is 433 g/mol. The first kappa shape index (κ1) is 21.6. The number of furan rings is 1. The van der Waals surface area contributed by atoms with Gasteiger partial charge in [-0.25, -0.2) is 0 Å². The number of piperidine rings is 1. The summed E-state index contributed by atoms with van der Waals surface area (Å²) < 4.78 is 5.35. The van der Waals surface area contributed by atoms with Gasteiger partial charge in [-0.1, -0.05) is 30.3 Å². The molecule has 1 aliphatic heterocycles. The second-order valence-electron chi connectivity index (χ2n) is 8.11. The highest BCUT2D eigenvalue weighted by Crippen LogP contribution is 2.16. The largest absolute Gasteiger partial charge is 0.456 e. The molecule has 0 atom stereocenters. The normalized spacial score (nSPS) is 14.3. The molecule has 3 aromatic rings. The molecule has 166 valence electrons. The number of nitrogens with one attached hydrogen (secondary N) is 2. The molecule has 7 nitrogen and oxygen atoms in total. The van der Waals surface area contributed by atoms with Crippen molar-refractivity contribution in [2.75, 3.05) is 19.6 Å². The van der Waals surface area contributed by atoms with E-state index in [2.05, 4.69) is 10.6 Å². The van der Waals surface area contributed by atoms with Crippen LogP contribution in [-0.2, 0) is 4.79 Å². The predicted octanol–water partition coefficient (Wildman–Crippen LogP) is 3.28. The number of likely N-dealkylation sites (tertiary alicyclic amines) is 1. The van der Waals surface area contributed by atoms with E-state index in [-0.39, 0.29) is 30.2 Å². The van der Waals surface area contributed by atoms with Gasteiger partial charge in [0.2, 0.25) is 5.91 Å². The van der Waals surface area contributed by atoms with E-state index < -0.39 is 0 Å². The number of amides is 3. The molecular weight excluding hydrogens is 406 g/mol. The summed E-state index contributed by atoms with van der Waals surface area (Å²) in [5.41, 5.74) is 0.583. The molecule has 2 aromatic carbocycles. The van der Waals surface area contributed by atoms with Crippen LogP contribution in [0.1, 0.15) is 45.9 Å². The predicted molar refractivity (Wildman–Crippen MR) is 121 cm³/mol. The van der Waals surface area contributed by atoms with Gasteiger partial charge in [0.05, 0.1) is 0 Å². The van der Waals surface area contributed by atoms with Crippen molar-refractivity contribution in [3.8, 4) is 0 Å². The van der Waals surface area contributed by atoms with E-state index in [0.29, 0.717) is 49.6 Å². The zero-order valence-corrected chi connectivity index (χ0v) is 18.1. The number of hydrogen-bond donors (Lipinski definition) is 2. The van der Waals surface area contributed by atoms with Crippen molar-refractivity contribution in [3.63, 3.8) is 0 Å². The molecule has 0 radical (unpaired) electrons. The van der Waals surface area contributed by atoms with E-state index in [1.165, 1.54) is 0 Å². The average molecular weight is 434 g/mol. The minimum Gasteiger partial charge on any atom is -0.456 e. The number of aryl methyl sites for hydroxylation is 1. The number of carbonyl (C=O) groups is 3. The van der Waals surface area contributed by atoms with Crippen LogP contribution in [0.15, 0.2) is 59.0 Å². The van der Waals surface area contributed by atoms with Crippen LogP contribution in [0.3, 0.4) is 0 Å². The van der Waals surface area contributed by atoms with Crippen LogP contribution >= 0.6 is 0 Å². The van der Waals surface area contributed by atoms with E-state index in [4.69, 9.17) is 4.42 Å². The molecule has 0 unspecified atom stereocenters. The first-order chi connectivity index (χ1) is 15.5. The Morgan fingerprint density at radius 2 is 1.72 bits per heavy atom. The summed E-state index contributed by atoms with van der Waals surface area (Å²) in [6, 6.07) is 16.9. The van der Waals surface area contributed by atoms with E-state index in [0.717, 1.165) is 10.8 Å². The van der Waals surface area contributed by atoms with Crippen LogP contribution in [0.2, 0.25) is 0 Å². The van der Waals surface area contributed by atoms with Crippen LogP contribution in [-0.4, -0.2) is 48.3 Å². The summed E-state index contributed by atoms with van der Waals surface area (Å²) in [7, 11) is 0. The minimum absolute atomic E-state index is 0.00949. The van der Waals surface area contributed by atoms with Crippen molar-refractivity contribution >= 4 is 28.5 Å². The Bertz CT molecular complexity index is 1130. The van der Waals surface area contributed by atoms with E-state index in [1.54, 1.807) is 30.0 Å². The van der Waals surface area contributed by atoms with Crippen LogP contribution in [0.25, 0.3) is 10.8 Å². The topological polar surface area (TPSA) is 91.7 Å². The number of rotatable bonds is 6. The highest BCUT2D eigenvalue weighted by Gasteiger charge is 2.24. The Balaban J connectivity index is 1.19. The summed E-state index contributed by atoms with van der Waals surface area (Å²) in [4.78, 5) is 38.9. The molecule has 2 heterocycles. The molecule has 1 aliphatic rings. The maximum Gasteiger partial charge on any atom is 0.287 e. The Morgan fingerprint density at radius 3 is 2.44 bits per heavy atom. The second-order valence-corrected chi connectivity index (χ2v) is 8.11. The summed E-state index contributed by atoms with van der Waals surface area (Å²) >= 11 is 0. The molecule has 0 saturated carbocycles. The first-order valence-electron chi connectivity index (χ1n) is 10.9. The average Bonchev–Trinajstić information content (AvgIpc) is 3.25. The molecule has 0 aliphatic carbocycles. The maximum atomic E-state index is 12.5. The molecule has 1 aromatic heterocycles. The fraction of sp³-hybridized carbons (Fsp3) is 0.320. The maximum absolute atomic E-state index is 12.5. The van der Waals surface area contributed by atoms with Gasteiger partial charge in [-0.05, 0) is 54.8 Å². The van der Waals surface area contributed by atoms with Gasteiger partial charge in [0.15, 0.2) is 5.76 Å². The molecule has 7 heteroatoms. The summed E-state index contributed by atoms with van der Waals surface area (Å²) in [6.45, 7) is 3.25. The van der Waals surface area contributed by atoms with Crippen LogP contribution < -0.4 is 10.6 Å². The van der Waals surface area contributed by atoms with Crippen LogP contribution in [0.4, 0.5) is 0 Å². The lowest BCUT2D eigenvalue weighted by Crippen LogP contribution is -2.47. The number of nitrogens with zero attached hydrogens (tertiary/aromatic N) is 1. The Kier molecular flexibility index (Phi) is 6.54. The molecule has 4 rings (SSSR count). The highest BCUT2D eigenvalue weighted by molar-refractivity contribution is 5.98. The van der Waals surface area contributed by atoms with Gasteiger partial charge >= 0.3 is 0 Å². The minimum atomic E-state index is -0.223. The Morgan fingerprint density at radius 1 is 0.969 bits per heavy atom. The molecule has 1 fully saturated rings. The van der Waals surface area contributed by atoms with Gasteiger partial charge in [0.25, 0.3) is 11.8 Å². The molecule has 2 N–H and O–H groups in total. The fourth-order valence-electron chi connectivity index (χ4n) is 3.96. The molecule has 1 saturated heterocycles. The number of carbonyl (C=O) groups excluding carboxylic acids is 3. The highest BCUT2D eigenvalue weighted by atomic mass is 16.3. The molecular formula is C25H27N3O4. The quantitative estimate of drug-likeness (QED) is 0.624. The SMILES string of the molecule is Cc1ccc(C(=O)NC2CCN(C(=O)CCNC(=O)c3ccc4ccccc4c3)CC2)o1. The summed E-state index contributed by atoms with van der Waals surface area (Å²) in [5.74, 6) is 0.610. The molecule has 3 amide bonds. The lowest BCUT2D eigenvalue weighted by molar-refractivity contribution is -0.132. The molecule has 32 heavy (non-hydrogen) atoms. The van der Waals surface area contributed by atoms with Crippen LogP contribution in [0.5, 0.6) is 0 Å². The zero-order valence-electron chi connectivity index (χ0n) is 18.1. The van der Waals surface area contributed by atoms with Gasteiger partial charge in [-0.2, -0.15) is 0 Å². The third kappa shape index (κ3) is 5.17. The summed E-state index contributed by atoms with van der Waals surface area (Å²) in [5, 5.41) is 7.89. The zero-order chi connectivity index (χ0) is 22.5. The van der Waals surface area contributed by atoms with Crippen molar-refractivity contribution < 1.29 is 18.8 Å². The van der Waals surface area contributed by atoms with Crippen LogP contribution in [0, 0.1) is 6.92 Å². The smallest absolute Gasteiger partial charge is 0.287 e. The third-order valence-corrected chi connectivity index (χ3v) is 5.78. The molecule has 0 bridgehead atoms. The van der Waals surface area contributed by atoms with Crippen molar-refractivity contribution in [2.45, 2.75) is 32.2 Å². The van der Waals surface area contributed by atoms with Gasteiger partial charge in [0.1, 0.15) is 5.76 Å². The first-order valence-corrected chi connectivity index (χ1v) is 10.9. The van der Waals surface area contributed by atoms with Crippen molar-refractivity contribution in [2.24, 2.45) is 0 Å². The number of benzene rings is 2. The lowest BCUT2D eigenvalue weighted by Gasteiger charge is -2.32. The molecule has 0 spiro atoms. The Labute approximate surface area is 186 Å². The third-order valence-electron chi connectivity index (χ3n) is 5.78. The second kappa shape index (κ2) is 9.68. The Hall–Kier alpha value is -3.61. The van der Waals surface area contributed by atoms with Gasteiger partial charge in [-0.3, -0.25) is 14.4 Å². The van der Waals surface area contributed by atoms with E-state index >= 15 is 0 Å². The van der Waals surface area contributed by atoms with Gasteiger partial charge in [-0.15, -0.1) is 0 Å². The van der Waals surface area contributed by atoms with E-state index in [1.807, 2.05) is 36.4 Å². The van der Waals surface area contributed by atoms with Crippen molar-refractivity contribution in [3.05, 3.63) is 71.7 Å². The van der Waals surface area contributed by atoms with Gasteiger partial charge in [0, 0.05) is 37.7 Å². The number of hydrogen-bond acceptors (Lipinski definition) is 4. The van der Waals surface area contributed by atoms with Crippen molar-refractivity contribution in [1.29, 1.82) is 0 Å². The van der Waals surface area contributed by atoms with Gasteiger partial charge < -0.3 is 20.0 Å². The van der Waals surface area contributed by atoms with Crippen molar-refractivity contribution in [1.82, 2.24) is 15.5 Å².